The van der Waals surface area contributed by atoms with Crippen molar-refractivity contribution in [1.29, 1.82) is 0 Å². The average Bonchev–Trinajstić information content (AvgIpc) is 4.43. The van der Waals surface area contributed by atoms with Gasteiger partial charge in [0.15, 0.2) is 0 Å². The average molecular weight is 1280 g/mol. The third-order valence-corrected chi connectivity index (χ3v) is 20.5. The van der Waals surface area contributed by atoms with Gasteiger partial charge < -0.3 is 18.9 Å². The van der Waals surface area contributed by atoms with Gasteiger partial charge in [-0.2, -0.15) is 52.7 Å². The first kappa shape index (κ1) is 68.4. The van der Waals surface area contributed by atoms with Crippen molar-refractivity contribution in [2.75, 3.05) is 0 Å². The molecule has 0 spiro atoms. The van der Waals surface area contributed by atoms with Gasteiger partial charge in [0.05, 0.1) is 0 Å². The first-order valence-electron chi connectivity index (χ1n) is 25.0. The maximum absolute atomic E-state index is 12.4. The number of alkyl halides is 12. The second-order valence-corrected chi connectivity index (χ2v) is 28.3. The Morgan fingerprint density at radius 1 is 0.390 bits per heavy atom. The molecule has 0 heterocycles. The Labute approximate surface area is 464 Å². The highest BCUT2D eigenvalue weighted by atomic mass is 32.2. The van der Waals surface area contributed by atoms with E-state index in [4.69, 9.17) is 18.9 Å². The van der Waals surface area contributed by atoms with Crippen LogP contribution in [0, 0.1) is 47.3 Å². The van der Waals surface area contributed by atoms with Gasteiger partial charge in [-0.15, -0.1) is 0 Å². The van der Waals surface area contributed by atoms with Crippen molar-refractivity contribution in [3.05, 3.63) is 49.6 Å². The van der Waals surface area contributed by atoms with Gasteiger partial charge in [-0.25, -0.2) is 71.7 Å². The maximum atomic E-state index is 12.4. The summed E-state index contributed by atoms with van der Waals surface area (Å²) in [6.45, 7) is 16.4. The van der Waals surface area contributed by atoms with Crippen molar-refractivity contribution in [3.8, 4) is 0 Å². The van der Waals surface area contributed by atoms with E-state index in [0.717, 1.165) is 12.2 Å². The quantitative estimate of drug-likeness (QED) is 0.0590. The summed E-state index contributed by atoms with van der Waals surface area (Å²) in [6.07, 6.45) is 5.37. The van der Waals surface area contributed by atoms with Gasteiger partial charge in [0.1, 0.15) is 24.4 Å². The second-order valence-electron chi connectivity index (χ2n) is 21.4. The number of hydrogen-bond donors (Lipinski definition) is 4. The molecule has 82 heavy (non-hydrogen) atoms. The number of fused-ring (bicyclic) bond motifs is 8. The fourth-order valence-electron chi connectivity index (χ4n) is 12.1. The van der Waals surface area contributed by atoms with Crippen LogP contribution in [0.5, 0.6) is 0 Å². The molecule has 8 aliphatic carbocycles. The summed E-state index contributed by atoms with van der Waals surface area (Å²) in [7, 11) is -21.4. The summed E-state index contributed by atoms with van der Waals surface area (Å²) >= 11 is 0. The van der Waals surface area contributed by atoms with Crippen molar-refractivity contribution in [1.82, 2.24) is 18.9 Å². The molecule has 8 rings (SSSR count). The van der Waals surface area contributed by atoms with Gasteiger partial charge in [-0.05, 0) is 126 Å². The Morgan fingerprint density at radius 3 is 0.939 bits per heavy atom. The smallest absolute Gasteiger partial charge is 0.459 e. The van der Waals surface area contributed by atoms with Crippen LogP contribution in [-0.2, 0) is 78.2 Å². The van der Waals surface area contributed by atoms with E-state index in [1.54, 1.807) is 18.9 Å². The van der Waals surface area contributed by atoms with E-state index in [-0.39, 0.29) is 71.7 Å². The fourth-order valence-corrected chi connectivity index (χ4v) is 15.3. The Balaban J connectivity index is 0.000000200. The minimum Gasteiger partial charge on any atom is -0.459 e. The molecule has 4 N–H and O–H groups in total. The summed E-state index contributed by atoms with van der Waals surface area (Å²) in [5, 5.41) is 0. The number of carbonyl (C=O) groups is 4. The van der Waals surface area contributed by atoms with E-state index in [9.17, 15) is 106 Å². The van der Waals surface area contributed by atoms with Crippen LogP contribution >= 0.6 is 0 Å². The van der Waals surface area contributed by atoms with Crippen molar-refractivity contribution < 1.29 is 124 Å². The van der Waals surface area contributed by atoms with Crippen LogP contribution in [0.4, 0.5) is 52.7 Å². The van der Waals surface area contributed by atoms with Gasteiger partial charge in [0.25, 0.3) is 0 Å². The van der Waals surface area contributed by atoms with Crippen LogP contribution in [-0.4, -0.2) is 128 Å². The normalized spacial score (nSPS) is 32.7. The standard InChI is InChI=1S/2C12H16F3NO4S.2C11H14F3NO4S/c1-6(2)11(17)20-10-5-7-3-8(10)4-9(7)16-21(18,19)12(13,14)15;1-6(2)11(17)20-10-5-7-3-8(10)9(4-7)16-21(18,19)12(13,14)15;1-2-10(16)19-9-5-6-3-7(9)4-8(6)15-20(17,18)11(12,13)14;1-2-10(16)19-9-5-6-3-7(9)8(4-6)15-20(17,18)11(12,13)14/h2*7-10,16H,1,3-5H2,2H3;2*2,6-9,15H,1,3-5H2. The molecule has 0 aromatic carbocycles. The van der Waals surface area contributed by atoms with Crippen LogP contribution in [0.25, 0.3) is 0 Å². The van der Waals surface area contributed by atoms with Crippen LogP contribution in [0.1, 0.15) is 90.9 Å². The highest BCUT2D eigenvalue weighted by Crippen LogP contribution is 2.50. The molecule has 16 unspecified atom stereocenters. The Kier molecular flexibility index (Phi) is 21.1. The van der Waals surface area contributed by atoms with Crippen molar-refractivity contribution in [2.45, 2.75) is 162 Å². The number of hydrogen-bond acceptors (Lipinski definition) is 16. The molecule has 8 saturated carbocycles. The lowest BCUT2D eigenvalue weighted by molar-refractivity contribution is -0.147. The molecule has 0 radical (unpaired) electrons. The van der Waals surface area contributed by atoms with E-state index in [1.165, 1.54) is 13.8 Å². The van der Waals surface area contributed by atoms with Gasteiger partial charge in [0, 0.05) is 59.3 Å². The third kappa shape index (κ3) is 16.5. The van der Waals surface area contributed by atoms with Crippen molar-refractivity contribution in [2.24, 2.45) is 47.3 Å². The lowest BCUT2D eigenvalue weighted by Crippen LogP contribution is -2.48. The molecule has 36 heteroatoms. The first-order chi connectivity index (χ1) is 37.3. The van der Waals surface area contributed by atoms with Crippen molar-refractivity contribution in [3.63, 3.8) is 0 Å². The van der Waals surface area contributed by atoms with Crippen LogP contribution < -0.4 is 18.9 Å². The van der Waals surface area contributed by atoms with Gasteiger partial charge in [0.2, 0.25) is 0 Å². The Morgan fingerprint density at radius 2 is 0.671 bits per heavy atom. The van der Waals surface area contributed by atoms with Crippen LogP contribution in [0.3, 0.4) is 0 Å². The van der Waals surface area contributed by atoms with Gasteiger partial charge >= 0.3 is 86.0 Å². The minimum atomic E-state index is -5.38. The monoisotopic (exact) mass is 1280 g/mol. The molecule has 0 saturated heterocycles. The minimum absolute atomic E-state index is 0.0684. The van der Waals surface area contributed by atoms with Crippen molar-refractivity contribution >= 4 is 64.0 Å². The summed E-state index contributed by atoms with van der Waals surface area (Å²) in [4.78, 5) is 45.1. The Bertz CT molecular complexity index is 2920. The van der Waals surface area contributed by atoms with E-state index in [2.05, 4.69) is 26.3 Å². The molecule has 0 aromatic rings. The molecule has 468 valence electrons. The zero-order valence-electron chi connectivity index (χ0n) is 43.4. The largest absolute Gasteiger partial charge is 0.511 e. The number of nitrogens with one attached hydrogen (secondary N) is 4. The predicted octanol–water partition coefficient (Wildman–Crippen LogP) is 6.07. The molecular weight excluding hydrogens is 1220 g/mol. The summed E-state index contributed by atoms with van der Waals surface area (Å²) in [5.74, 6) is -3.75. The van der Waals surface area contributed by atoms with Crippen LogP contribution in [0.15, 0.2) is 49.6 Å². The molecule has 20 nitrogen and oxygen atoms in total. The first-order valence-corrected chi connectivity index (χ1v) is 31.0. The topological polar surface area (TPSA) is 290 Å². The number of esters is 4. The zero-order valence-corrected chi connectivity index (χ0v) is 46.7. The van der Waals surface area contributed by atoms with E-state index >= 15 is 0 Å². The summed E-state index contributed by atoms with van der Waals surface area (Å²) in [6, 6.07) is -3.19. The molecule has 16 atom stereocenters. The fraction of sp³-hybridized carbons (Fsp3) is 0.739. The molecule has 8 fully saturated rings. The maximum Gasteiger partial charge on any atom is 0.511 e. The molecule has 0 amide bonds. The highest BCUT2D eigenvalue weighted by molar-refractivity contribution is 7.91. The molecule has 0 aromatic heterocycles. The lowest BCUT2D eigenvalue weighted by atomic mass is 9.93. The van der Waals surface area contributed by atoms with Crippen LogP contribution in [0.2, 0.25) is 0 Å². The lowest BCUT2D eigenvalue weighted by Gasteiger charge is -2.29. The van der Waals surface area contributed by atoms with E-state index in [1.807, 2.05) is 0 Å². The number of sulfonamides is 4. The van der Waals surface area contributed by atoms with Gasteiger partial charge in [-0.3, -0.25) is 0 Å². The molecule has 8 aliphatic rings. The number of carbonyl (C=O) groups excluding carboxylic acids is 4. The predicted molar refractivity (Wildman–Crippen MR) is 260 cm³/mol. The number of halogens is 12. The van der Waals surface area contributed by atoms with E-state index < -0.39 is 134 Å². The van der Waals surface area contributed by atoms with E-state index in [0.29, 0.717) is 64.2 Å². The number of rotatable bonds is 16. The third-order valence-electron chi connectivity index (χ3n) is 15.6. The Hall–Kier alpha value is -4.36. The SMILES string of the molecule is C=C(C)C(=O)OC1CC2CC(NS(=O)(=O)C(F)(F)F)C1C2.C=C(C)C(=O)OC1CC2CC1CC2NS(=O)(=O)C(F)(F)F.C=CC(=O)OC1CC2CC(NS(=O)(=O)C(F)(F)F)C1C2.C=CC(=O)OC1CC2CC1CC2NS(=O)(=O)C(F)(F)F. The zero-order chi connectivity index (χ0) is 62.3. The summed E-state index contributed by atoms with van der Waals surface area (Å²) < 4.78 is 264. The second kappa shape index (κ2) is 25.3. The number of ether oxygens (including phenoxy) is 4. The molecular formula is C46H60F12N4O16S4. The molecule has 0 aliphatic heterocycles. The highest BCUT2D eigenvalue weighted by Gasteiger charge is 2.57. The van der Waals surface area contributed by atoms with Gasteiger partial charge in [-0.1, -0.05) is 26.3 Å². The molecule has 8 bridgehead atoms. The summed E-state index contributed by atoms with van der Waals surface area (Å²) in [5.41, 5.74) is -20.8.